The van der Waals surface area contributed by atoms with Crippen molar-refractivity contribution >= 4 is 5.91 Å². The Labute approximate surface area is 140 Å². The van der Waals surface area contributed by atoms with Gasteiger partial charge in [0.1, 0.15) is 0 Å². The SMILES string of the molecule is CCC(NC(=O)C1CCCC1)c1nnc(-c2ccccc2)[nH]c1=O. The third-order valence-corrected chi connectivity index (χ3v) is 4.55. The number of benzene rings is 1. The van der Waals surface area contributed by atoms with Crippen LogP contribution in [0.25, 0.3) is 11.4 Å². The molecule has 1 aliphatic carbocycles. The molecule has 0 bridgehead atoms. The van der Waals surface area contributed by atoms with E-state index in [4.69, 9.17) is 0 Å². The number of carbonyl (C=O) groups excluding carboxylic acids is 1. The highest BCUT2D eigenvalue weighted by molar-refractivity contribution is 5.79. The Morgan fingerprint density at radius 3 is 2.58 bits per heavy atom. The summed E-state index contributed by atoms with van der Waals surface area (Å²) in [5, 5.41) is 11.2. The average Bonchev–Trinajstić information content (AvgIpc) is 3.15. The van der Waals surface area contributed by atoms with Crippen molar-refractivity contribution in [1.82, 2.24) is 20.5 Å². The predicted molar refractivity (Wildman–Crippen MR) is 91.2 cm³/mol. The molecule has 1 saturated carbocycles. The quantitative estimate of drug-likeness (QED) is 0.884. The molecule has 0 aliphatic heterocycles. The van der Waals surface area contributed by atoms with Crippen LogP contribution < -0.4 is 10.9 Å². The van der Waals surface area contributed by atoms with Crippen LogP contribution in [0.4, 0.5) is 0 Å². The lowest BCUT2D eigenvalue weighted by molar-refractivity contribution is -0.125. The number of aromatic nitrogens is 3. The second kappa shape index (κ2) is 7.38. The summed E-state index contributed by atoms with van der Waals surface area (Å²) in [4.78, 5) is 27.5. The highest BCUT2D eigenvalue weighted by atomic mass is 16.2. The number of nitrogens with zero attached hydrogens (tertiary/aromatic N) is 2. The Bertz CT molecular complexity index is 751. The molecule has 1 amide bonds. The van der Waals surface area contributed by atoms with Crippen LogP contribution >= 0.6 is 0 Å². The van der Waals surface area contributed by atoms with Gasteiger partial charge in [-0.1, -0.05) is 50.1 Å². The van der Waals surface area contributed by atoms with E-state index in [9.17, 15) is 9.59 Å². The molecule has 6 heteroatoms. The van der Waals surface area contributed by atoms with E-state index >= 15 is 0 Å². The first-order valence-electron chi connectivity index (χ1n) is 8.51. The average molecular weight is 326 g/mol. The Hall–Kier alpha value is -2.50. The standard InChI is InChI=1S/C18H22N4O2/c1-2-14(19-17(23)13-10-6-7-11-13)15-18(24)20-16(22-21-15)12-8-4-3-5-9-12/h3-5,8-9,13-14H,2,6-7,10-11H2,1H3,(H,19,23)(H,20,22,24). The number of carbonyl (C=O) groups is 1. The summed E-state index contributed by atoms with van der Waals surface area (Å²) >= 11 is 0. The van der Waals surface area contributed by atoms with Crippen LogP contribution in [-0.4, -0.2) is 21.1 Å². The van der Waals surface area contributed by atoms with Crippen molar-refractivity contribution in [2.24, 2.45) is 5.92 Å². The van der Waals surface area contributed by atoms with Crippen LogP contribution in [0.5, 0.6) is 0 Å². The molecule has 1 aliphatic rings. The maximum Gasteiger partial charge on any atom is 0.275 e. The molecule has 126 valence electrons. The van der Waals surface area contributed by atoms with Gasteiger partial charge in [0, 0.05) is 11.5 Å². The molecule has 1 heterocycles. The first-order chi connectivity index (χ1) is 11.7. The molecule has 1 fully saturated rings. The largest absolute Gasteiger partial charge is 0.347 e. The minimum Gasteiger partial charge on any atom is -0.347 e. The number of hydrogen-bond acceptors (Lipinski definition) is 4. The molecule has 1 aromatic heterocycles. The van der Waals surface area contributed by atoms with Gasteiger partial charge in [-0.15, -0.1) is 10.2 Å². The Balaban J connectivity index is 1.79. The van der Waals surface area contributed by atoms with E-state index in [1.54, 1.807) is 0 Å². The molecule has 1 atom stereocenters. The topological polar surface area (TPSA) is 87.7 Å². The van der Waals surface area contributed by atoms with E-state index in [1.807, 2.05) is 37.3 Å². The predicted octanol–water partition coefficient (Wildman–Crippen LogP) is 2.59. The van der Waals surface area contributed by atoms with Gasteiger partial charge in [0.15, 0.2) is 11.5 Å². The summed E-state index contributed by atoms with van der Waals surface area (Å²) in [6.07, 6.45) is 4.65. The van der Waals surface area contributed by atoms with Crippen LogP contribution in [0, 0.1) is 5.92 Å². The van der Waals surface area contributed by atoms with Crippen LogP contribution in [0.3, 0.4) is 0 Å². The third-order valence-electron chi connectivity index (χ3n) is 4.55. The van der Waals surface area contributed by atoms with Crippen LogP contribution in [0.15, 0.2) is 35.1 Å². The van der Waals surface area contributed by atoms with Gasteiger partial charge in [-0.25, -0.2) is 0 Å². The van der Waals surface area contributed by atoms with Crippen molar-refractivity contribution in [1.29, 1.82) is 0 Å². The van der Waals surface area contributed by atoms with Crippen molar-refractivity contribution in [2.75, 3.05) is 0 Å². The molecule has 24 heavy (non-hydrogen) atoms. The Kier molecular flexibility index (Phi) is 5.03. The van der Waals surface area contributed by atoms with E-state index in [2.05, 4.69) is 20.5 Å². The summed E-state index contributed by atoms with van der Waals surface area (Å²) in [6, 6.07) is 8.96. The van der Waals surface area contributed by atoms with Crippen LogP contribution in [0.1, 0.15) is 50.8 Å². The van der Waals surface area contributed by atoms with Crippen molar-refractivity contribution in [3.05, 3.63) is 46.4 Å². The van der Waals surface area contributed by atoms with Gasteiger partial charge in [0.05, 0.1) is 6.04 Å². The smallest absolute Gasteiger partial charge is 0.275 e. The number of H-pyrrole nitrogens is 1. The first kappa shape index (κ1) is 16.4. The van der Waals surface area contributed by atoms with E-state index < -0.39 is 6.04 Å². The molecule has 1 unspecified atom stereocenters. The van der Waals surface area contributed by atoms with Gasteiger partial charge in [0.2, 0.25) is 5.91 Å². The van der Waals surface area contributed by atoms with Crippen molar-refractivity contribution < 1.29 is 4.79 Å². The summed E-state index contributed by atoms with van der Waals surface area (Å²) in [5.74, 6) is 0.517. The number of amides is 1. The summed E-state index contributed by atoms with van der Waals surface area (Å²) in [6.45, 7) is 1.92. The highest BCUT2D eigenvalue weighted by Gasteiger charge is 2.26. The van der Waals surface area contributed by atoms with Crippen LogP contribution in [-0.2, 0) is 4.79 Å². The summed E-state index contributed by atoms with van der Waals surface area (Å²) < 4.78 is 0. The van der Waals surface area contributed by atoms with E-state index in [1.165, 1.54) is 0 Å². The van der Waals surface area contributed by atoms with Gasteiger partial charge in [0.25, 0.3) is 5.56 Å². The van der Waals surface area contributed by atoms with Gasteiger partial charge in [-0.2, -0.15) is 0 Å². The molecule has 6 nitrogen and oxygen atoms in total. The molecule has 2 N–H and O–H groups in total. The highest BCUT2D eigenvalue weighted by Crippen LogP contribution is 2.25. The lowest BCUT2D eigenvalue weighted by atomic mass is 10.1. The molecular formula is C18H22N4O2. The van der Waals surface area contributed by atoms with Gasteiger partial charge >= 0.3 is 0 Å². The maximum absolute atomic E-state index is 12.4. The van der Waals surface area contributed by atoms with Crippen LogP contribution in [0.2, 0.25) is 0 Å². The lowest BCUT2D eigenvalue weighted by Crippen LogP contribution is -2.36. The normalized spacial score (nSPS) is 16.0. The molecule has 3 rings (SSSR count). The number of rotatable bonds is 5. The molecule has 2 aromatic rings. The van der Waals surface area contributed by atoms with E-state index in [0.717, 1.165) is 31.2 Å². The Morgan fingerprint density at radius 2 is 1.96 bits per heavy atom. The zero-order valence-electron chi connectivity index (χ0n) is 13.8. The van der Waals surface area contributed by atoms with Crippen molar-refractivity contribution in [2.45, 2.75) is 45.1 Å². The molecular weight excluding hydrogens is 304 g/mol. The minimum absolute atomic E-state index is 0.0210. The van der Waals surface area contributed by atoms with Gasteiger partial charge in [-0.05, 0) is 19.3 Å². The fraction of sp³-hybridized carbons (Fsp3) is 0.444. The minimum atomic E-state index is -0.404. The second-order valence-electron chi connectivity index (χ2n) is 6.20. The van der Waals surface area contributed by atoms with Crippen molar-refractivity contribution in [3.8, 4) is 11.4 Å². The van der Waals surface area contributed by atoms with Gasteiger partial charge < -0.3 is 10.3 Å². The Morgan fingerprint density at radius 1 is 1.25 bits per heavy atom. The number of hydrogen-bond donors (Lipinski definition) is 2. The number of nitrogens with one attached hydrogen (secondary N) is 2. The molecule has 0 spiro atoms. The summed E-state index contributed by atoms with van der Waals surface area (Å²) in [7, 11) is 0. The van der Waals surface area contributed by atoms with E-state index in [0.29, 0.717) is 12.2 Å². The lowest BCUT2D eigenvalue weighted by Gasteiger charge is -2.18. The zero-order valence-corrected chi connectivity index (χ0v) is 13.8. The molecule has 1 aromatic carbocycles. The molecule has 0 radical (unpaired) electrons. The second-order valence-corrected chi connectivity index (χ2v) is 6.20. The molecule has 0 saturated heterocycles. The third kappa shape index (κ3) is 3.53. The monoisotopic (exact) mass is 326 g/mol. The first-order valence-corrected chi connectivity index (χ1v) is 8.51. The fourth-order valence-corrected chi connectivity index (χ4v) is 3.14. The zero-order chi connectivity index (χ0) is 16.9. The number of aromatic amines is 1. The fourth-order valence-electron chi connectivity index (χ4n) is 3.14. The van der Waals surface area contributed by atoms with Gasteiger partial charge in [-0.3, -0.25) is 9.59 Å². The summed E-state index contributed by atoms with van der Waals surface area (Å²) in [5.41, 5.74) is 0.766. The van der Waals surface area contributed by atoms with Crippen molar-refractivity contribution in [3.63, 3.8) is 0 Å². The maximum atomic E-state index is 12.4. The van der Waals surface area contributed by atoms with E-state index in [-0.39, 0.29) is 23.1 Å².